The van der Waals surface area contributed by atoms with Gasteiger partial charge < -0.3 is 15.5 Å². The highest BCUT2D eigenvalue weighted by molar-refractivity contribution is 14.0. The molecule has 3 rings (SSSR count). The van der Waals surface area contributed by atoms with Crippen molar-refractivity contribution in [3.05, 3.63) is 34.3 Å². The lowest BCUT2D eigenvalue weighted by molar-refractivity contribution is 0.116. The van der Waals surface area contributed by atoms with Crippen LogP contribution < -0.4 is 10.6 Å². The van der Waals surface area contributed by atoms with Gasteiger partial charge in [0.15, 0.2) is 5.96 Å². The van der Waals surface area contributed by atoms with Crippen molar-refractivity contribution in [3.63, 3.8) is 0 Å². The normalized spacial score (nSPS) is 23.2. The number of halogens is 2. The van der Waals surface area contributed by atoms with Crippen molar-refractivity contribution in [2.24, 2.45) is 4.99 Å². The SMILES string of the molecule is CN=C(NCC1CN(C)CCN1C)NCC1(c2cccc(Br)c2)CC1.I. The maximum absolute atomic E-state index is 4.41. The average Bonchev–Trinajstić information content (AvgIpc) is 3.39. The van der Waals surface area contributed by atoms with Gasteiger partial charge in [0.2, 0.25) is 0 Å². The summed E-state index contributed by atoms with van der Waals surface area (Å²) in [5.41, 5.74) is 1.68. The molecule has 0 amide bonds. The molecule has 0 aromatic heterocycles. The van der Waals surface area contributed by atoms with E-state index in [0.29, 0.717) is 6.04 Å². The van der Waals surface area contributed by atoms with Crippen LogP contribution in [0, 0.1) is 0 Å². The Hall–Kier alpha value is -0.380. The molecule has 1 saturated carbocycles. The average molecular weight is 536 g/mol. The molecule has 146 valence electrons. The van der Waals surface area contributed by atoms with Gasteiger partial charge in [-0.1, -0.05) is 28.1 Å². The summed E-state index contributed by atoms with van der Waals surface area (Å²) in [5.74, 6) is 0.905. The van der Waals surface area contributed by atoms with E-state index < -0.39 is 0 Å². The second-order valence-electron chi connectivity index (χ2n) is 7.49. The van der Waals surface area contributed by atoms with E-state index in [9.17, 15) is 0 Å². The van der Waals surface area contributed by atoms with Gasteiger partial charge in [0, 0.05) is 55.7 Å². The van der Waals surface area contributed by atoms with Crippen LogP contribution in [0.4, 0.5) is 0 Å². The molecule has 1 heterocycles. The van der Waals surface area contributed by atoms with Gasteiger partial charge in [-0.15, -0.1) is 24.0 Å². The van der Waals surface area contributed by atoms with Crippen molar-refractivity contribution in [1.82, 2.24) is 20.4 Å². The van der Waals surface area contributed by atoms with Crippen molar-refractivity contribution >= 4 is 45.9 Å². The summed E-state index contributed by atoms with van der Waals surface area (Å²) in [5, 5.41) is 7.06. The Kier molecular flexibility index (Phi) is 8.18. The van der Waals surface area contributed by atoms with Crippen LogP contribution in [0.2, 0.25) is 0 Å². The van der Waals surface area contributed by atoms with E-state index >= 15 is 0 Å². The summed E-state index contributed by atoms with van der Waals surface area (Å²) in [4.78, 5) is 9.24. The number of nitrogens with one attached hydrogen (secondary N) is 2. The third-order valence-corrected chi connectivity index (χ3v) is 6.09. The Balaban J connectivity index is 0.00000243. The van der Waals surface area contributed by atoms with Gasteiger partial charge in [-0.3, -0.25) is 9.89 Å². The van der Waals surface area contributed by atoms with Crippen LogP contribution in [0.1, 0.15) is 18.4 Å². The molecule has 1 atom stereocenters. The fourth-order valence-corrected chi connectivity index (χ4v) is 3.95. The molecule has 5 nitrogen and oxygen atoms in total. The predicted octanol–water partition coefficient (Wildman–Crippen LogP) is 2.51. The summed E-state index contributed by atoms with van der Waals surface area (Å²) >= 11 is 3.59. The monoisotopic (exact) mass is 535 g/mol. The minimum Gasteiger partial charge on any atom is -0.356 e. The molecule has 0 bridgehead atoms. The first kappa shape index (κ1) is 21.9. The van der Waals surface area contributed by atoms with Crippen molar-refractivity contribution in [3.8, 4) is 0 Å². The molecule has 1 saturated heterocycles. The zero-order chi connectivity index (χ0) is 17.9. The molecule has 26 heavy (non-hydrogen) atoms. The largest absolute Gasteiger partial charge is 0.356 e. The number of rotatable bonds is 5. The standard InChI is InChI=1S/C19H30BrN5.HI/c1-21-18(22-12-17-13-24(2)9-10-25(17)3)23-14-19(7-8-19)15-5-4-6-16(20)11-15;/h4-6,11,17H,7-10,12-14H2,1-3H3,(H2,21,22,23);1H. The van der Waals surface area contributed by atoms with Gasteiger partial charge in [-0.05, 0) is 44.6 Å². The lowest BCUT2D eigenvalue weighted by Crippen LogP contribution is -2.55. The molecule has 1 aliphatic carbocycles. The third-order valence-electron chi connectivity index (χ3n) is 5.59. The molecule has 1 aliphatic heterocycles. The molecule has 2 aliphatic rings. The summed E-state index contributed by atoms with van der Waals surface area (Å²) in [6.45, 7) is 5.23. The first-order valence-corrected chi connectivity index (χ1v) is 9.91. The van der Waals surface area contributed by atoms with Crippen molar-refractivity contribution in [2.45, 2.75) is 24.3 Å². The Bertz CT molecular complexity index is 620. The van der Waals surface area contributed by atoms with Crippen molar-refractivity contribution < 1.29 is 0 Å². The Morgan fingerprint density at radius 3 is 2.69 bits per heavy atom. The van der Waals surface area contributed by atoms with Gasteiger partial charge in [0.25, 0.3) is 0 Å². The Labute approximate surface area is 183 Å². The fourth-order valence-electron chi connectivity index (χ4n) is 3.55. The first-order chi connectivity index (χ1) is 12.0. The molecule has 2 N–H and O–H groups in total. The number of aliphatic imine (C=N–C) groups is 1. The van der Waals surface area contributed by atoms with E-state index in [1.165, 1.54) is 18.4 Å². The van der Waals surface area contributed by atoms with Gasteiger partial charge in [0.05, 0.1) is 0 Å². The summed E-state index contributed by atoms with van der Waals surface area (Å²) in [6, 6.07) is 9.23. The van der Waals surface area contributed by atoms with Crippen LogP contribution in [-0.4, -0.2) is 75.7 Å². The number of hydrogen-bond acceptors (Lipinski definition) is 3. The Morgan fingerprint density at radius 1 is 1.27 bits per heavy atom. The van der Waals surface area contributed by atoms with E-state index in [2.05, 4.69) is 79.7 Å². The van der Waals surface area contributed by atoms with Crippen LogP contribution in [-0.2, 0) is 5.41 Å². The minimum absolute atomic E-state index is 0. The molecule has 0 spiro atoms. The molecule has 7 heteroatoms. The summed E-state index contributed by atoms with van der Waals surface area (Å²) in [7, 11) is 6.26. The predicted molar refractivity (Wildman–Crippen MR) is 124 cm³/mol. The molecule has 2 fully saturated rings. The third kappa shape index (κ3) is 5.56. The zero-order valence-corrected chi connectivity index (χ0v) is 19.9. The molecule has 1 aromatic carbocycles. The van der Waals surface area contributed by atoms with Gasteiger partial charge in [-0.2, -0.15) is 0 Å². The number of nitrogens with zero attached hydrogens (tertiary/aromatic N) is 3. The van der Waals surface area contributed by atoms with E-state index in [4.69, 9.17) is 0 Å². The fraction of sp³-hybridized carbons (Fsp3) is 0.632. The van der Waals surface area contributed by atoms with E-state index in [1.54, 1.807) is 0 Å². The van der Waals surface area contributed by atoms with Crippen LogP contribution in [0.5, 0.6) is 0 Å². The summed E-state index contributed by atoms with van der Waals surface area (Å²) < 4.78 is 1.16. The topological polar surface area (TPSA) is 42.9 Å². The van der Waals surface area contributed by atoms with Crippen LogP contribution in [0.25, 0.3) is 0 Å². The lowest BCUT2D eigenvalue weighted by atomic mass is 9.96. The van der Waals surface area contributed by atoms with Gasteiger partial charge in [0.1, 0.15) is 0 Å². The van der Waals surface area contributed by atoms with Gasteiger partial charge in [-0.25, -0.2) is 0 Å². The minimum atomic E-state index is 0. The molecule has 1 aromatic rings. The number of piperazine rings is 1. The number of guanidine groups is 1. The quantitative estimate of drug-likeness (QED) is 0.345. The second kappa shape index (κ2) is 9.71. The van der Waals surface area contributed by atoms with E-state index in [0.717, 1.165) is 43.2 Å². The van der Waals surface area contributed by atoms with Gasteiger partial charge >= 0.3 is 0 Å². The Morgan fingerprint density at radius 2 is 2.04 bits per heavy atom. The van der Waals surface area contributed by atoms with Crippen LogP contribution >= 0.6 is 39.9 Å². The molecular formula is C19H31BrIN5. The van der Waals surface area contributed by atoms with Crippen molar-refractivity contribution in [2.75, 3.05) is 53.9 Å². The first-order valence-electron chi connectivity index (χ1n) is 9.12. The smallest absolute Gasteiger partial charge is 0.191 e. The van der Waals surface area contributed by atoms with E-state index in [1.807, 2.05) is 7.05 Å². The van der Waals surface area contributed by atoms with Crippen LogP contribution in [0.15, 0.2) is 33.7 Å². The second-order valence-corrected chi connectivity index (χ2v) is 8.41. The summed E-state index contributed by atoms with van der Waals surface area (Å²) in [6.07, 6.45) is 2.48. The highest BCUT2D eigenvalue weighted by Crippen LogP contribution is 2.48. The number of likely N-dealkylation sites (N-methyl/N-ethyl adjacent to an activating group) is 2. The maximum atomic E-state index is 4.41. The lowest BCUT2D eigenvalue weighted by Gasteiger charge is -2.38. The van der Waals surface area contributed by atoms with E-state index in [-0.39, 0.29) is 29.4 Å². The maximum Gasteiger partial charge on any atom is 0.191 e. The highest BCUT2D eigenvalue weighted by Gasteiger charge is 2.44. The van der Waals surface area contributed by atoms with Crippen LogP contribution in [0.3, 0.4) is 0 Å². The molecule has 1 unspecified atom stereocenters. The zero-order valence-electron chi connectivity index (χ0n) is 16.0. The molecular weight excluding hydrogens is 505 g/mol. The molecule has 0 radical (unpaired) electrons. The highest BCUT2D eigenvalue weighted by atomic mass is 127. The number of hydrogen-bond donors (Lipinski definition) is 2. The van der Waals surface area contributed by atoms with Crippen molar-refractivity contribution in [1.29, 1.82) is 0 Å². The number of benzene rings is 1.